The van der Waals surface area contributed by atoms with Crippen LogP contribution in [0.1, 0.15) is 25.7 Å². The molecule has 1 atom stereocenters. The second-order valence-corrected chi connectivity index (χ2v) is 4.47. The first-order valence-electron chi connectivity index (χ1n) is 5.24. The molecular weight excluding hydrogens is 168 g/mol. The summed E-state index contributed by atoms with van der Waals surface area (Å²) in [6.07, 6.45) is 5.80. The van der Waals surface area contributed by atoms with Crippen molar-refractivity contribution in [3.8, 4) is 0 Å². The van der Waals surface area contributed by atoms with Gasteiger partial charge in [-0.15, -0.1) is 0 Å². The Labute approximate surface area is 78.3 Å². The summed E-state index contributed by atoms with van der Waals surface area (Å²) < 4.78 is 16.6. The minimum atomic E-state index is 0.0968. The Balaban J connectivity index is 1.47. The fourth-order valence-electron chi connectivity index (χ4n) is 2.43. The summed E-state index contributed by atoms with van der Waals surface area (Å²) in [4.78, 5) is 0. The molecule has 0 aliphatic carbocycles. The minimum absolute atomic E-state index is 0.0968. The largest absolute Gasteiger partial charge is 0.376 e. The van der Waals surface area contributed by atoms with Gasteiger partial charge in [0.1, 0.15) is 6.10 Å². The second kappa shape index (κ2) is 2.94. The van der Waals surface area contributed by atoms with Crippen molar-refractivity contribution in [1.29, 1.82) is 0 Å². The van der Waals surface area contributed by atoms with Crippen LogP contribution in [0.2, 0.25) is 0 Å². The summed E-state index contributed by atoms with van der Waals surface area (Å²) in [5, 5.41) is 0. The van der Waals surface area contributed by atoms with Crippen molar-refractivity contribution in [3.05, 3.63) is 0 Å². The van der Waals surface area contributed by atoms with E-state index < -0.39 is 0 Å². The molecule has 3 fully saturated rings. The van der Waals surface area contributed by atoms with E-state index in [1.807, 2.05) is 0 Å². The van der Waals surface area contributed by atoms with E-state index in [2.05, 4.69) is 0 Å². The first-order chi connectivity index (χ1) is 6.36. The van der Waals surface area contributed by atoms with Crippen molar-refractivity contribution in [2.75, 3.05) is 19.8 Å². The normalized spacial score (nSPS) is 47.1. The monoisotopic (exact) mass is 184 g/mol. The first kappa shape index (κ1) is 8.21. The second-order valence-electron chi connectivity index (χ2n) is 4.47. The van der Waals surface area contributed by atoms with Crippen LogP contribution in [0.25, 0.3) is 0 Å². The zero-order chi connectivity index (χ0) is 8.73. The molecule has 3 rings (SSSR count). The Bertz CT molecular complexity index is 192. The van der Waals surface area contributed by atoms with Crippen LogP contribution in [0, 0.1) is 0 Å². The van der Waals surface area contributed by atoms with Gasteiger partial charge >= 0.3 is 0 Å². The SMILES string of the molecule is C(OCC12CCC(CC1)O2)C1CO1. The first-order valence-corrected chi connectivity index (χ1v) is 5.24. The molecule has 74 valence electrons. The van der Waals surface area contributed by atoms with Crippen molar-refractivity contribution in [3.63, 3.8) is 0 Å². The average molecular weight is 184 g/mol. The van der Waals surface area contributed by atoms with E-state index in [4.69, 9.17) is 14.2 Å². The summed E-state index contributed by atoms with van der Waals surface area (Å²) in [5.74, 6) is 0. The van der Waals surface area contributed by atoms with Crippen molar-refractivity contribution < 1.29 is 14.2 Å². The fourth-order valence-corrected chi connectivity index (χ4v) is 2.43. The van der Waals surface area contributed by atoms with E-state index in [0.717, 1.165) is 19.8 Å². The minimum Gasteiger partial charge on any atom is -0.376 e. The molecule has 1 unspecified atom stereocenters. The quantitative estimate of drug-likeness (QED) is 0.613. The molecule has 0 saturated carbocycles. The zero-order valence-electron chi connectivity index (χ0n) is 7.83. The highest BCUT2D eigenvalue weighted by Crippen LogP contribution is 2.43. The van der Waals surface area contributed by atoms with Gasteiger partial charge < -0.3 is 14.2 Å². The van der Waals surface area contributed by atoms with E-state index in [1.165, 1.54) is 25.7 Å². The van der Waals surface area contributed by atoms with Crippen LogP contribution in [0.4, 0.5) is 0 Å². The number of ether oxygens (including phenoxy) is 3. The highest BCUT2D eigenvalue weighted by molar-refractivity contribution is 4.96. The third-order valence-corrected chi connectivity index (χ3v) is 3.33. The lowest BCUT2D eigenvalue weighted by atomic mass is 9.89. The molecule has 3 aliphatic rings. The molecule has 0 radical (unpaired) electrons. The smallest absolute Gasteiger partial charge is 0.104 e. The lowest BCUT2D eigenvalue weighted by molar-refractivity contribution is -0.0555. The highest BCUT2D eigenvalue weighted by Gasteiger charge is 2.46. The van der Waals surface area contributed by atoms with Gasteiger partial charge in [-0.05, 0) is 25.7 Å². The average Bonchev–Trinajstić information content (AvgIpc) is 2.77. The van der Waals surface area contributed by atoms with E-state index in [9.17, 15) is 0 Å². The summed E-state index contributed by atoms with van der Waals surface area (Å²) in [7, 11) is 0. The molecule has 0 spiro atoms. The highest BCUT2D eigenvalue weighted by atomic mass is 16.6. The Morgan fingerprint density at radius 3 is 2.62 bits per heavy atom. The molecule has 3 heterocycles. The standard InChI is InChI=1S/C10H16O3/c1-3-10(4-2-8(1)13-10)7-11-5-9-6-12-9/h8-9H,1-7H2. The molecule has 13 heavy (non-hydrogen) atoms. The third kappa shape index (κ3) is 1.60. The predicted octanol–water partition coefficient (Wildman–Crippen LogP) is 1.11. The number of hydrogen-bond acceptors (Lipinski definition) is 3. The summed E-state index contributed by atoms with van der Waals surface area (Å²) in [6, 6.07) is 0. The fraction of sp³-hybridized carbons (Fsp3) is 1.00. The van der Waals surface area contributed by atoms with E-state index >= 15 is 0 Å². The predicted molar refractivity (Wildman–Crippen MR) is 46.6 cm³/mol. The Hall–Kier alpha value is -0.120. The molecule has 2 bridgehead atoms. The van der Waals surface area contributed by atoms with Crippen LogP contribution in [-0.4, -0.2) is 37.6 Å². The van der Waals surface area contributed by atoms with Gasteiger partial charge in [0, 0.05) is 0 Å². The van der Waals surface area contributed by atoms with Gasteiger partial charge in [0.15, 0.2) is 0 Å². The molecule has 0 amide bonds. The number of fused-ring (bicyclic) bond motifs is 2. The summed E-state index contributed by atoms with van der Waals surface area (Å²) >= 11 is 0. The van der Waals surface area contributed by atoms with E-state index in [-0.39, 0.29) is 5.60 Å². The lowest BCUT2D eigenvalue weighted by Gasteiger charge is -2.23. The van der Waals surface area contributed by atoms with Gasteiger partial charge in [0.2, 0.25) is 0 Å². The number of rotatable bonds is 4. The summed E-state index contributed by atoms with van der Waals surface area (Å²) in [6.45, 7) is 2.43. The van der Waals surface area contributed by atoms with E-state index in [0.29, 0.717) is 12.2 Å². The van der Waals surface area contributed by atoms with Crippen LogP contribution in [0.15, 0.2) is 0 Å². The molecule has 0 N–H and O–H groups in total. The molecule has 3 aliphatic heterocycles. The topological polar surface area (TPSA) is 31.0 Å². The summed E-state index contributed by atoms with van der Waals surface area (Å²) in [5.41, 5.74) is 0.0968. The van der Waals surface area contributed by atoms with Gasteiger partial charge in [-0.2, -0.15) is 0 Å². The van der Waals surface area contributed by atoms with Crippen LogP contribution < -0.4 is 0 Å². The van der Waals surface area contributed by atoms with Gasteiger partial charge in [0.25, 0.3) is 0 Å². The van der Waals surface area contributed by atoms with Crippen LogP contribution >= 0.6 is 0 Å². The van der Waals surface area contributed by atoms with Crippen molar-refractivity contribution >= 4 is 0 Å². The molecule has 0 aromatic rings. The van der Waals surface area contributed by atoms with Crippen LogP contribution in [-0.2, 0) is 14.2 Å². The maximum absolute atomic E-state index is 5.90. The molecule has 3 heteroatoms. The van der Waals surface area contributed by atoms with Crippen LogP contribution in [0.3, 0.4) is 0 Å². The number of epoxide rings is 1. The Morgan fingerprint density at radius 2 is 2.08 bits per heavy atom. The molecule has 3 saturated heterocycles. The third-order valence-electron chi connectivity index (χ3n) is 3.33. The van der Waals surface area contributed by atoms with Crippen molar-refractivity contribution in [2.24, 2.45) is 0 Å². The zero-order valence-corrected chi connectivity index (χ0v) is 7.83. The van der Waals surface area contributed by atoms with Gasteiger partial charge in [0.05, 0.1) is 31.5 Å². The van der Waals surface area contributed by atoms with Crippen LogP contribution in [0.5, 0.6) is 0 Å². The number of hydrogen-bond donors (Lipinski definition) is 0. The molecule has 0 aromatic heterocycles. The molecule has 3 nitrogen and oxygen atoms in total. The van der Waals surface area contributed by atoms with Gasteiger partial charge in [-0.25, -0.2) is 0 Å². The Kier molecular flexibility index (Phi) is 1.86. The maximum Gasteiger partial charge on any atom is 0.104 e. The Morgan fingerprint density at radius 1 is 1.31 bits per heavy atom. The van der Waals surface area contributed by atoms with Crippen molar-refractivity contribution in [2.45, 2.75) is 43.5 Å². The van der Waals surface area contributed by atoms with E-state index in [1.54, 1.807) is 0 Å². The van der Waals surface area contributed by atoms with Crippen molar-refractivity contribution in [1.82, 2.24) is 0 Å². The van der Waals surface area contributed by atoms with Gasteiger partial charge in [-0.1, -0.05) is 0 Å². The van der Waals surface area contributed by atoms with Gasteiger partial charge in [-0.3, -0.25) is 0 Å². The molecular formula is C10H16O3. The molecule has 0 aromatic carbocycles. The lowest BCUT2D eigenvalue weighted by Crippen LogP contribution is -2.31. The maximum atomic E-state index is 5.90.